The lowest BCUT2D eigenvalue weighted by atomic mass is 10.1. The number of ether oxygens (including phenoxy) is 1. The molecule has 1 N–H and O–H groups in total. The molecular weight excluding hydrogens is 359 g/mol. The molecule has 1 atom stereocenters. The highest BCUT2D eigenvalue weighted by molar-refractivity contribution is 5.87. The normalized spacial score (nSPS) is 11.8. The maximum Gasteiger partial charge on any atom is 0.261 e. The van der Waals surface area contributed by atoms with E-state index in [9.17, 15) is 14.0 Å². The molecule has 0 aliphatic carbocycles. The Kier molecular flexibility index (Phi) is 7.99. The number of rotatable bonds is 9. The number of benzene rings is 2. The number of carbonyl (C=O) groups excluding carboxylic acids is 2. The van der Waals surface area contributed by atoms with Gasteiger partial charge in [0.05, 0.1) is 0 Å². The Morgan fingerprint density at radius 1 is 1.04 bits per heavy atom. The topological polar surface area (TPSA) is 58.6 Å². The van der Waals surface area contributed by atoms with Crippen LogP contribution < -0.4 is 10.1 Å². The second kappa shape index (κ2) is 10.4. The maximum absolute atomic E-state index is 13.2. The third kappa shape index (κ3) is 6.68. The van der Waals surface area contributed by atoms with E-state index < -0.39 is 6.04 Å². The van der Waals surface area contributed by atoms with Gasteiger partial charge in [-0.2, -0.15) is 0 Å². The summed E-state index contributed by atoms with van der Waals surface area (Å²) in [5, 5.41) is 2.85. The zero-order valence-electron chi connectivity index (χ0n) is 16.5. The van der Waals surface area contributed by atoms with Crippen LogP contribution in [-0.2, 0) is 16.1 Å². The number of nitrogens with zero attached hydrogens (tertiary/aromatic N) is 1. The molecule has 0 bridgehead atoms. The predicted molar refractivity (Wildman–Crippen MR) is 106 cm³/mol. The minimum Gasteiger partial charge on any atom is -0.484 e. The lowest BCUT2D eigenvalue weighted by Crippen LogP contribution is -2.49. The molecule has 2 rings (SSSR count). The average molecular weight is 386 g/mol. The highest BCUT2D eigenvalue weighted by atomic mass is 19.1. The summed E-state index contributed by atoms with van der Waals surface area (Å²) < 4.78 is 18.7. The van der Waals surface area contributed by atoms with Crippen LogP contribution in [0.2, 0.25) is 0 Å². The fourth-order valence-electron chi connectivity index (χ4n) is 2.57. The van der Waals surface area contributed by atoms with E-state index in [-0.39, 0.29) is 30.8 Å². The van der Waals surface area contributed by atoms with Crippen molar-refractivity contribution in [2.45, 2.75) is 33.4 Å². The molecule has 0 saturated heterocycles. The Balaban J connectivity index is 2.10. The number of amides is 2. The quantitative estimate of drug-likeness (QED) is 0.719. The number of halogens is 1. The van der Waals surface area contributed by atoms with Crippen molar-refractivity contribution in [3.05, 3.63) is 66.0 Å². The molecule has 0 heterocycles. The van der Waals surface area contributed by atoms with E-state index in [1.165, 1.54) is 17.0 Å². The molecule has 2 aromatic rings. The van der Waals surface area contributed by atoms with Gasteiger partial charge in [-0.15, -0.1) is 0 Å². The molecule has 0 saturated carbocycles. The van der Waals surface area contributed by atoms with Gasteiger partial charge in [0.2, 0.25) is 5.91 Å². The van der Waals surface area contributed by atoms with E-state index in [0.29, 0.717) is 18.2 Å². The summed E-state index contributed by atoms with van der Waals surface area (Å²) in [5.74, 6) is -0.0191. The minimum absolute atomic E-state index is 0.187. The van der Waals surface area contributed by atoms with Gasteiger partial charge in [0.15, 0.2) is 6.61 Å². The predicted octanol–water partition coefficient (Wildman–Crippen LogP) is 3.39. The van der Waals surface area contributed by atoms with E-state index in [4.69, 9.17) is 4.74 Å². The second-order valence-corrected chi connectivity index (χ2v) is 7.06. The van der Waals surface area contributed by atoms with Gasteiger partial charge in [0.1, 0.15) is 17.6 Å². The van der Waals surface area contributed by atoms with Gasteiger partial charge in [-0.25, -0.2) is 4.39 Å². The first kappa shape index (κ1) is 21.4. The highest BCUT2D eigenvalue weighted by Gasteiger charge is 2.26. The monoisotopic (exact) mass is 386 g/mol. The zero-order valence-corrected chi connectivity index (χ0v) is 16.5. The van der Waals surface area contributed by atoms with Crippen molar-refractivity contribution in [3.8, 4) is 5.75 Å². The number of carbonyl (C=O) groups is 2. The maximum atomic E-state index is 13.2. The Bertz CT molecular complexity index is 763. The van der Waals surface area contributed by atoms with Gasteiger partial charge >= 0.3 is 0 Å². The molecule has 0 unspecified atom stereocenters. The molecule has 2 amide bonds. The number of hydrogen-bond donors (Lipinski definition) is 1. The third-order valence-electron chi connectivity index (χ3n) is 4.22. The Morgan fingerprint density at radius 3 is 2.29 bits per heavy atom. The number of nitrogens with one attached hydrogen (secondary N) is 1. The van der Waals surface area contributed by atoms with Crippen molar-refractivity contribution >= 4 is 11.8 Å². The Hall–Kier alpha value is -2.89. The van der Waals surface area contributed by atoms with E-state index in [1.54, 1.807) is 31.2 Å². The van der Waals surface area contributed by atoms with Gasteiger partial charge in [-0.3, -0.25) is 9.59 Å². The average Bonchev–Trinajstić information content (AvgIpc) is 2.70. The summed E-state index contributed by atoms with van der Waals surface area (Å²) in [6, 6.07) is 14.2. The zero-order chi connectivity index (χ0) is 20.5. The lowest BCUT2D eigenvalue weighted by molar-refractivity contribution is -0.142. The van der Waals surface area contributed by atoms with Crippen LogP contribution in [0.1, 0.15) is 26.3 Å². The number of hydrogen-bond acceptors (Lipinski definition) is 3. The summed E-state index contributed by atoms with van der Waals surface area (Å²) in [5.41, 5.74) is 0.734. The minimum atomic E-state index is -0.685. The van der Waals surface area contributed by atoms with Gasteiger partial charge in [-0.1, -0.05) is 44.2 Å². The summed E-state index contributed by atoms with van der Waals surface area (Å²) in [6.07, 6.45) is 0. The highest BCUT2D eigenvalue weighted by Crippen LogP contribution is 2.13. The largest absolute Gasteiger partial charge is 0.484 e. The molecule has 2 aromatic carbocycles. The molecule has 0 aliphatic heterocycles. The van der Waals surface area contributed by atoms with Gasteiger partial charge in [-0.05, 0) is 42.7 Å². The fraction of sp³-hybridized carbons (Fsp3) is 0.364. The molecule has 6 heteroatoms. The number of para-hydroxylation sites is 1. The fourth-order valence-corrected chi connectivity index (χ4v) is 2.57. The van der Waals surface area contributed by atoms with Gasteiger partial charge in [0, 0.05) is 13.1 Å². The lowest BCUT2D eigenvalue weighted by Gasteiger charge is -2.29. The molecule has 5 nitrogen and oxygen atoms in total. The summed E-state index contributed by atoms with van der Waals surface area (Å²) in [4.78, 5) is 26.8. The van der Waals surface area contributed by atoms with Crippen molar-refractivity contribution in [1.29, 1.82) is 0 Å². The molecule has 0 fully saturated rings. The van der Waals surface area contributed by atoms with Crippen molar-refractivity contribution in [3.63, 3.8) is 0 Å². The molecule has 0 radical (unpaired) electrons. The van der Waals surface area contributed by atoms with Crippen LogP contribution in [0.3, 0.4) is 0 Å². The molecule has 28 heavy (non-hydrogen) atoms. The van der Waals surface area contributed by atoms with Crippen molar-refractivity contribution in [2.24, 2.45) is 5.92 Å². The molecule has 0 aromatic heterocycles. The summed E-state index contributed by atoms with van der Waals surface area (Å²) in [7, 11) is 0. The van der Waals surface area contributed by atoms with Crippen LogP contribution in [0.4, 0.5) is 4.39 Å². The van der Waals surface area contributed by atoms with Crippen molar-refractivity contribution < 1.29 is 18.7 Å². The van der Waals surface area contributed by atoms with Crippen molar-refractivity contribution in [1.82, 2.24) is 10.2 Å². The van der Waals surface area contributed by atoms with Crippen LogP contribution >= 0.6 is 0 Å². The van der Waals surface area contributed by atoms with Crippen LogP contribution in [0.15, 0.2) is 54.6 Å². The summed E-state index contributed by atoms with van der Waals surface area (Å²) in [6.45, 7) is 6.21. The smallest absolute Gasteiger partial charge is 0.261 e. The Labute approximate surface area is 165 Å². The summed E-state index contributed by atoms with van der Waals surface area (Å²) >= 11 is 0. The standard InChI is InChI=1S/C22H27FN2O3/c1-16(2)13-24-22(27)17(3)25(14-18-9-11-19(23)12-10-18)21(26)15-28-20-7-5-4-6-8-20/h4-12,16-17H,13-15H2,1-3H3,(H,24,27)/t17-/m1/s1. The van der Waals surface area contributed by atoms with Crippen LogP contribution in [0.25, 0.3) is 0 Å². The van der Waals surface area contributed by atoms with E-state index in [1.807, 2.05) is 32.0 Å². The second-order valence-electron chi connectivity index (χ2n) is 7.06. The molecule has 0 aliphatic rings. The molecular formula is C22H27FN2O3. The third-order valence-corrected chi connectivity index (χ3v) is 4.22. The van der Waals surface area contributed by atoms with Crippen LogP contribution in [-0.4, -0.2) is 35.9 Å². The Morgan fingerprint density at radius 2 is 1.68 bits per heavy atom. The van der Waals surface area contributed by atoms with E-state index in [0.717, 1.165) is 5.56 Å². The molecule has 0 spiro atoms. The van der Waals surface area contributed by atoms with Crippen molar-refractivity contribution in [2.75, 3.05) is 13.2 Å². The molecule has 150 valence electrons. The van der Waals surface area contributed by atoms with Gasteiger partial charge < -0.3 is 15.0 Å². The van der Waals surface area contributed by atoms with Crippen LogP contribution in [0, 0.1) is 11.7 Å². The van der Waals surface area contributed by atoms with Crippen LogP contribution in [0.5, 0.6) is 5.75 Å². The first-order valence-corrected chi connectivity index (χ1v) is 9.36. The SMILES string of the molecule is CC(C)CNC(=O)[C@@H](C)N(Cc1ccc(F)cc1)C(=O)COc1ccccc1. The first-order valence-electron chi connectivity index (χ1n) is 9.36. The van der Waals surface area contributed by atoms with E-state index >= 15 is 0 Å². The first-order chi connectivity index (χ1) is 13.4. The van der Waals surface area contributed by atoms with E-state index in [2.05, 4.69) is 5.32 Å². The van der Waals surface area contributed by atoms with Gasteiger partial charge in [0.25, 0.3) is 5.91 Å².